The van der Waals surface area contributed by atoms with E-state index in [2.05, 4.69) is 34.5 Å². The first-order valence-corrected chi connectivity index (χ1v) is 10.2. The average molecular weight is 429 g/mol. The second kappa shape index (κ2) is 8.62. The second-order valence-electron chi connectivity index (χ2n) is 7.46. The molecule has 5 heteroatoms. The zero-order valence-electron chi connectivity index (χ0n) is 17.2. The number of hydrogen-bond acceptors (Lipinski definition) is 4. The number of anilines is 2. The first kappa shape index (κ1) is 20.6. The third-order valence-electron chi connectivity index (χ3n) is 5.12. The molecule has 1 aliphatic carbocycles. The molecule has 0 heterocycles. The number of carbonyl (C=O) groups is 2. The lowest BCUT2D eigenvalue weighted by atomic mass is 9.92. The number of Topliss-reactive ketones (excluding diaryl/α,β-unsaturated/α-hetero) is 2. The van der Waals surface area contributed by atoms with Crippen LogP contribution in [-0.4, -0.2) is 25.7 Å². The maximum Gasteiger partial charge on any atom is 0.211 e. The molecule has 4 rings (SSSR count). The van der Waals surface area contributed by atoms with Crippen molar-refractivity contribution < 1.29 is 9.59 Å². The summed E-state index contributed by atoms with van der Waals surface area (Å²) in [6.45, 7) is 0. The van der Waals surface area contributed by atoms with E-state index in [9.17, 15) is 9.59 Å². The molecule has 0 unspecified atom stereocenters. The molecule has 154 valence electrons. The van der Waals surface area contributed by atoms with E-state index >= 15 is 0 Å². The van der Waals surface area contributed by atoms with Crippen molar-refractivity contribution in [1.82, 2.24) is 0 Å². The van der Waals surface area contributed by atoms with Crippen LogP contribution in [0, 0.1) is 0 Å². The van der Waals surface area contributed by atoms with Gasteiger partial charge in [-0.3, -0.25) is 9.59 Å². The van der Waals surface area contributed by atoms with Crippen LogP contribution in [-0.2, 0) is 0 Å². The summed E-state index contributed by atoms with van der Waals surface area (Å²) in [4.78, 5) is 27.4. The third-order valence-corrected chi connectivity index (χ3v) is 5.48. The molecule has 1 N–H and O–H groups in total. The van der Waals surface area contributed by atoms with Crippen LogP contribution in [0.4, 0.5) is 11.4 Å². The molecule has 0 spiro atoms. The van der Waals surface area contributed by atoms with Crippen molar-refractivity contribution in [2.75, 3.05) is 24.3 Å². The van der Waals surface area contributed by atoms with Crippen LogP contribution in [0.3, 0.4) is 0 Å². The first-order chi connectivity index (χ1) is 14.9. The van der Waals surface area contributed by atoms with Gasteiger partial charge in [0.05, 0.1) is 0 Å². The monoisotopic (exact) mass is 428 g/mol. The highest BCUT2D eigenvalue weighted by molar-refractivity contribution is 6.50. The summed E-state index contributed by atoms with van der Waals surface area (Å²) in [5.74, 6) is -0.635. The van der Waals surface area contributed by atoms with Crippen LogP contribution >= 0.6 is 11.6 Å². The minimum absolute atomic E-state index is 0.0890. The van der Waals surface area contributed by atoms with Crippen molar-refractivity contribution in [3.8, 4) is 0 Å². The van der Waals surface area contributed by atoms with Gasteiger partial charge in [-0.05, 0) is 35.4 Å². The van der Waals surface area contributed by atoms with E-state index in [-0.39, 0.29) is 22.3 Å². The van der Waals surface area contributed by atoms with Gasteiger partial charge in [0, 0.05) is 36.6 Å². The van der Waals surface area contributed by atoms with Gasteiger partial charge in [0.2, 0.25) is 11.6 Å². The Morgan fingerprint density at radius 1 is 0.742 bits per heavy atom. The van der Waals surface area contributed by atoms with E-state index < -0.39 is 0 Å². The van der Waals surface area contributed by atoms with E-state index in [1.165, 1.54) is 0 Å². The zero-order valence-corrected chi connectivity index (χ0v) is 18.0. The summed E-state index contributed by atoms with van der Waals surface area (Å²) in [6.07, 6.45) is 4.06. The van der Waals surface area contributed by atoms with Crippen LogP contribution in [0.1, 0.15) is 31.8 Å². The molecule has 31 heavy (non-hydrogen) atoms. The molecule has 0 atom stereocenters. The molecule has 0 saturated carbocycles. The van der Waals surface area contributed by atoms with Crippen molar-refractivity contribution >= 4 is 46.7 Å². The Morgan fingerprint density at radius 3 is 1.81 bits per heavy atom. The van der Waals surface area contributed by atoms with Gasteiger partial charge in [-0.2, -0.15) is 0 Å². The summed E-state index contributed by atoms with van der Waals surface area (Å²) in [7, 11) is 4.03. The lowest BCUT2D eigenvalue weighted by Gasteiger charge is -2.19. The van der Waals surface area contributed by atoms with Crippen molar-refractivity contribution in [2.24, 2.45) is 0 Å². The Hall–Kier alpha value is -3.63. The molecule has 4 nitrogen and oxygen atoms in total. The number of carbonyl (C=O) groups excluding carboxylic acids is 2. The molecule has 0 saturated heterocycles. The minimum Gasteiger partial charge on any atom is -0.378 e. The Morgan fingerprint density at radius 2 is 1.26 bits per heavy atom. The van der Waals surface area contributed by atoms with Gasteiger partial charge in [-0.25, -0.2) is 0 Å². The summed E-state index contributed by atoms with van der Waals surface area (Å²) in [5.41, 5.74) is 4.75. The number of fused-ring (bicyclic) bond motifs is 1. The normalized spacial score (nSPS) is 13.5. The lowest BCUT2D eigenvalue weighted by molar-refractivity contribution is 0.0982. The predicted molar refractivity (Wildman–Crippen MR) is 128 cm³/mol. The Kier molecular flexibility index (Phi) is 5.74. The fourth-order valence-corrected chi connectivity index (χ4v) is 3.59. The number of rotatable bonds is 5. The van der Waals surface area contributed by atoms with Crippen LogP contribution in [0.2, 0.25) is 0 Å². The van der Waals surface area contributed by atoms with Crippen molar-refractivity contribution in [1.29, 1.82) is 0 Å². The number of benzene rings is 3. The fourth-order valence-electron chi connectivity index (χ4n) is 3.35. The van der Waals surface area contributed by atoms with E-state index in [1.54, 1.807) is 24.3 Å². The number of nitrogens with one attached hydrogen (secondary N) is 1. The Balaban J connectivity index is 1.49. The molecule has 0 amide bonds. The standard InChI is InChI=1S/C26H21ClN2O2/c1-29(2)20-15-11-18(12-16-20)8-7-17-9-13-19(14-10-17)28-24-23(27)25(30)21-5-3-4-6-22(21)26(24)31/h3-16,28H,1-2H3/b8-7+. The summed E-state index contributed by atoms with van der Waals surface area (Å²) in [5, 5.41) is 2.93. The molecule has 0 fully saturated rings. The molecule has 1 aliphatic rings. The molecule has 0 aromatic heterocycles. The topological polar surface area (TPSA) is 49.4 Å². The number of halogens is 1. The van der Waals surface area contributed by atoms with Gasteiger partial charge in [0.15, 0.2) is 0 Å². The quantitative estimate of drug-likeness (QED) is 0.517. The van der Waals surface area contributed by atoms with Gasteiger partial charge in [-0.1, -0.05) is 72.3 Å². The summed E-state index contributed by atoms with van der Waals surface area (Å²) in [6, 6.07) is 22.6. The van der Waals surface area contributed by atoms with Crippen LogP contribution in [0.25, 0.3) is 12.2 Å². The lowest BCUT2D eigenvalue weighted by Crippen LogP contribution is -2.24. The number of hydrogen-bond donors (Lipinski definition) is 1. The Labute approximate surface area is 186 Å². The van der Waals surface area contributed by atoms with Crippen LogP contribution in [0.15, 0.2) is 83.5 Å². The van der Waals surface area contributed by atoms with Crippen molar-refractivity contribution in [2.45, 2.75) is 0 Å². The highest BCUT2D eigenvalue weighted by atomic mass is 35.5. The summed E-state index contributed by atoms with van der Waals surface area (Å²) < 4.78 is 0. The van der Waals surface area contributed by atoms with Crippen molar-refractivity contribution in [3.05, 3.63) is 106 Å². The maximum absolute atomic E-state index is 12.8. The number of nitrogens with zero attached hydrogens (tertiary/aromatic N) is 1. The SMILES string of the molecule is CN(C)c1ccc(/C=C/c2ccc(NC3=C(Cl)C(=O)c4ccccc4C3=O)cc2)cc1. The van der Waals surface area contributed by atoms with Crippen molar-refractivity contribution in [3.63, 3.8) is 0 Å². The van der Waals surface area contributed by atoms with Crippen LogP contribution < -0.4 is 10.2 Å². The highest BCUT2D eigenvalue weighted by Gasteiger charge is 2.31. The predicted octanol–water partition coefficient (Wildman–Crippen LogP) is 5.86. The highest BCUT2D eigenvalue weighted by Crippen LogP contribution is 2.29. The molecule has 0 aliphatic heterocycles. The first-order valence-electron chi connectivity index (χ1n) is 9.85. The molecular formula is C26H21ClN2O2. The van der Waals surface area contributed by atoms with Gasteiger partial charge in [0.25, 0.3) is 0 Å². The van der Waals surface area contributed by atoms with Gasteiger partial charge >= 0.3 is 0 Å². The third kappa shape index (κ3) is 4.30. The van der Waals surface area contributed by atoms with E-state index in [4.69, 9.17) is 11.6 Å². The number of allylic oxidation sites excluding steroid dienone is 2. The van der Waals surface area contributed by atoms with E-state index in [0.29, 0.717) is 16.8 Å². The number of ketones is 2. The molecule has 3 aromatic carbocycles. The largest absolute Gasteiger partial charge is 0.378 e. The zero-order chi connectivity index (χ0) is 22.0. The molecule has 0 radical (unpaired) electrons. The van der Waals surface area contributed by atoms with Crippen LogP contribution in [0.5, 0.6) is 0 Å². The fraction of sp³-hybridized carbons (Fsp3) is 0.0769. The Bertz CT molecular complexity index is 1210. The van der Waals surface area contributed by atoms with Gasteiger partial charge < -0.3 is 10.2 Å². The van der Waals surface area contributed by atoms with Gasteiger partial charge in [-0.15, -0.1) is 0 Å². The molecule has 0 bridgehead atoms. The maximum atomic E-state index is 12.8. The summed E-state index contributed by atoms with van der Waals surface area (Å²) >= 11 is 6.22. The minimum atomic E-state index is -0.348. The van der Waals surface area contributed by atoms with E-state index in [1.807, 2.05) is 50.5 Å². The van der Waals surface area contributed by atoms with Gasteiger partial charge in [0.1, 0.15) is 10.7 Å². The smallest absolute Gasteiger partial charge is 0.211 e. The second-order valence-corrected chi connectivity index (χ2v) is 7.84. The molecular weight excluding hydrogens is 408 g/mol. The average Bonchev–Trinajstić information content (AvgIpc) is 2.80. The van der Waals surface area contributed by atoms with E-state index in [0.717, 1.165) is 16.8 Å². The molecule has 3 aromatic rings.